The number of anilines is 1. The molecule has 2 aromatic rings. The molecule has 0 unspecified atom stereocenters. The first kappa shape index (κ1) is 17.1. The quantitative estimate of drug-likeness (QED) is 0.819. The van der Waals surface area contributed by atoms with Crippen molar-refractivity contribution in [3.05, 3.63) is 59.7 Å². The number of rotatable bonds is 6. The van der Waals surface area contributed by atoms with Crippen LogP contribution < -0.4 is 10.1 Å². The number of ether oxygens (including phenoxy) is 1. The molecular weight excluding hydrogens is 286 g/mol. The van der Waals surface area contributed by atoms with Gasteiger partial charge in [-0.1, -0.05) is 64.1 Å². The summed E-state index contributed by atoms with van der Waals surface area (Å²) in [5.41, 5.74) is 3.24. The van der Waals surface area contributed by atoms with Gasteiger partial charge in [-0.25, -0.2) is 0 Å². The lowest BCUT2D eigenvalue weighted by Crippen LogP contribution is -2.22. The van der Waals surface area contributed by atoms with Gasteiger partial charge in [0.1, 0.15) is 5.75 Å². The minimum atomic E-state index is -0.135. The van der Waals surface area contributed by atoms with E-state index in [-0.39, 0.29) is 12.5 Å². The predicted molar refractivity (Wildman–Crippen MR) is 95.2 cm³/mol. The van der Waals surface area contributed by atoms with Crippen LogP contribution in [-0.4, -0.2) is 12.5 Å². The average molecular weight is 311 g/mol. The lowest BCUT2D eigenvalue weighted by Gasteiger charge is -2.20. The molecule has 1 amide bonds. The van der Waals surface area contributed by atoms with E-state index in [1.807, 2.05) is 30.3 Å². The van der Waals surface area contributed by atoms with Crippen molar-refractivity contribution in [1.82, 2.24) is 0 Å². The molecule has 0 heterocycles. The minimum Gasteiger partial charge on any atom is -0.484 e. The standard InChI is InChI=1S/C20H25NO2/c1-14(2)17-11-8-12-18(15(3)4)20(17)21-19(22)13-23-16-9-6-5-7-10-16/h5-12,14-15H,13H2,1-4H3,(H,21,22). The molecule has 122 valence electrons. The van der Waals surface area contributed by atoms with Gasteiger partial charge in [0.25, 0.3) is 5.91 Å². The topological polar surface area (TPSA) is 38.3 Å². The fourth-order valence-electron chi connectivity index (χ4n) is 2.54. The van der Waals surface area contributed by atoms with E-state index in [0.717, 1.165) is 16.8 Å². The van der Waals surface area contributed by atoms with Crippen LogP contribution in [0.2, 0.25) is 0 Å². The number of para-hydroxylation sites is 2. The third kappa shape index (κ3) is 4.59. The fraction of sp³-hybridized carbons (Fsp3) is 0.350. The van der Waals surface area contributed by atoms with E-state index in [4.69, 9.17) is 4.74 Å². The van der Waals surface area contributed by atoms with Crippen LogP contribution >= 0.6 is 0 Å². The summed E-state index contributed by atoms with van der Waals surface area (Å²) in [6.07, 6.45) is 0. The molecule has 0 atom stereocenters. The fourth-order valence-corrected chi connectivity index (χ4v) is 2.54. The maximum absolute atomic E-state index is 12.3. The number of hydrogen-bond acceptors (Lipinski definition) is 2. The normalized spacial score (nSPS) is 10.9. The largest absolute Gasteiger partial charge is 0.484 e. The molecule has 1 N–H and O–H groups in total. The van der Waals surface area contributed by atoms with Gasteiger partial charge in [0, 0.05) is 5.69 Å². The number of carbonyl (C=O) groups is 1. The molecule has 2 rings (SSSR count). The third-order valence-corrected chi connectivity index (χ3v) is 3.75. The Hall–Kier alpha value is -2.29. The Morgan fingerprint density at radius 2 is 1.48 bits per heavy atom. The Balaban J connectivity index is 2.13. The number of hydrogen-bond donors (Lipinski definition) is 1. The molecular formula is C20H25NO2. The van der Waals surface area contributed by atoms with Gasteiger partial charge in [0.05, 0.1) is 0 Å². The SMILES string of the molecule is CC(C)c1cccc(C(C)C)c1NC(=O)COc1ccccc1. The van der Waals surface area contributed by atoms with Crippen molar-refractivity contribution in [2.24, 2.45) is 0 Å². The summed E-state index contributed by atoms with van der Waals surface area (Å²) in [7, 11) is 0. The van der Waals surface area contributed by atoms with Crippen molar-refractivity contribution in [2.75, 3.05) is 11.9 Å². The molecule has 0 aliphatic rings. The summed E-state index contributed by atoms with van der Waals surface area (Å²) in [5.74, 6) is 1.26. The van der Waals surface area contributed by atoms with Crippen LogP contribution in [-0.2, 0) is 4.79 Å². The molecule has 3 heteroatoms. The lowest BCUT2D eigenvalue weighted by molar-refractivity contribution is -0.118. The highest BCUT2D eigenvalue weighted by Crippen LogP contribution is 2.32. The zero-order valence-corrected chi connectivity index (χ0v) is 14.3. The molecule has 0 fully saturated rings. The van der Waals surface area contributed by atoms with Gasteiger partial charge in [-0.3, -0.25) is 4.79 Å². The predicted octanol–water partition coefficient (Wildman–Crippen LogP) is 4.95. The van der Waals surface area contributed by atoms with E-state index in [0.29, 0.717) is 17.6 Å². The molecule has 0 spiro atoms. The third-order valence-electron chi connectivity index (χ3n) is 3.75. The van der Waals surface area contributed by atoms with Gasteiger partial charge in [0.15, 0.2) is 6.61 Å². The Labute approximate surface area is 138 Å². The Morgan fingerprint density at radius 1 is 0.913 bits per heavy atom. The number of amides is 1. The van der Waals surface area contributed by atoms with Crippen molar-refractivity contribution in [2.45, 2.75) is 39.5 Å². The van der Waals surface area contributed by atoms with Crippen LogP contribution in [0.4, 0.5) is 5.69 Å². The van der Waals surface area contributed by atoms with Gasteiger partial charge < -0.3 is 10.1 Å². The molecule has 0 saturated heterocycles. The second kappa shape index (κ2) is 7.82. The number of carbonyl (C=O) groups excluding carboxylic acids is 1. The second-order valence-corrected chi connectivity index (χ2v) is 6.27. The molecule has 0 radical (unpaired) electrons. The van der Waals surface area contributed by atoms with Crippen molar-refractivity contribution in [1.29, 1.82) is 0 Å². The van der Waals surface area contributed by atoms with Gasteiger partial charge in [-0.05, 0) is 35.1 Å². The first-order valence-corrected chi connectivity index (χ1v) is 8.09. The van der Waals surface area contributed by atoms with E-state index in [9.17, 15) is 4.79 Å². The Morgan fingerprint density at radius 3 is 2.00 bits per heavy atom. The van der Waals surface area contributed by atoms with E-state index >= 15 is 0 Å². The summed E-state index contributed by atoms with van der Waals surface area (Å²) in [5, 5.41) is 3.05. The summed E-state index contributed by atoms with van der Waals surface area (Å²) in [4.78, 5) is 12.3. The Bertz CT molecular complexity index is 622. The Kier molecular flexibility index (Phi) is 5.80. The van der Waals surface area contributed by atoms with Gasteiger partial charge in [-0.15, -0.1) is 0 Å². The number of benzene rings is 2. The number of nitrogens with one attached hydrogen (secondary N) is 1. The van der Waals surface area contributed by atoms with Crippen LogP contribution in [0.15, 0.2) is 48.5 Å². The van der Waals surface area contributed by atoms with Gasteiger partial charge in [0.2, 0.25) is 0 Å². The monoisotopic (exact) mass is 311 g/mol. The molecule has 0 aromatic heterocycles. The van der Waals surface area contributed by atoms with Crippen molar-refractivity contribution >= 4 is 11.6 Å². The summed E-state index contributed by atoms with van der Waals surface area (Å²) in [6, 6.07) is 15.6. The molecule has 2 aromatic carbocycles. The van der Waals surface area contributed by atoms with Crippen molar-refractivity contribution in [3.63, 3.8) is 0 Å². The zero-order chi connectivity index (χ0) is 16.8. The van der Waals surface area contributed by atoms with Crippen molar-refractivity contribution in [3.8, 4) is 5.75 Å². The average Bonchev–Trinajstić information content (AvgIpc) is 2.53. The first-order valence-electron chi connectivity index (χ1n) is 8.09. The maximum Gasteiger partial charge on any atom is 0.262 e. The highest BCUT2D eigenvalue weighted by molar-refractivity contribution is 5.93. The van der Waals surface area contributed by atoms with Crippen LogP contribution in [0.5, 0.6) is 5.75 Å². The van der Waals surface area contributed by atoms with Crippen LogP contribution in [0.25, 0.3) is 0 Å². The van der Waals surface area contributed by atoms with Gasteiger partial charge >= 0.3 is 0 Å². The van der Waals surface area contributed by atoms with Crippen LogP contribution in [0.3, 0.4) is 0 Å². The van der Waals surface area contributed by atoms with Gasteiger partial charge in [-0.2, -0.15) is 0 Å². The van der Waals surface area contributed by atoms with Crippen LogP contribution in [0, 0.1) is 0 Å². The minimum absolute atomic E-state index is 0.00791. The molecule has 0 aliphatic carbocycles. The lowest BCUT2D eigenvalue weighted by atomic mass is 9.92. The molecule has 23 heavy (non-hydrogen) atoms. The van der Waals surface area contributed by atoms with E-state index < -0.39 is 0 Å². The van der Waals surface area contributed by atoms with E-state index in [1.54, 1.807) is 0 Å². The summed E-state index contributed by atoms with van der Waals surface area (Å²) in [6.45, 7) is 8.55. The molecule has 3 nitrogen and oxygen atoms in total. The highest BCUT2D eigenvalue weighted by atomic mass is 16.5. The molecule has 0 saturated carbocycles. The highest BCUT2D eigenvalue weighted by Gasteiger charge is 2.16. The maximum atomic E-state index is 12.3. The van der Waals surface area contributed by atoms with Crippen molar-refractivity contribution < 1.29 is 9.53 Å². The van der Waals surface area contributed by atoms with Crippen LogP contribution in [0.1, 0.15) is 50.7 Å². The van der Waals surface area contributed by atoms with E-state index in [2.05, 4.69) is 51.2 Å². The summed E-state index contributed by atoms with van der Waals surface area (Å²) >= 11 is 0. The summed E-state index contributed by atoms with van der Waals surface area (Å²) < 4.78 is 5.53. The molecule has 0 aliphatic heterocycles. The van der Waals surface area contributed by atoms with E-state index in [1.165, 1.54) is 0 Å². The second-order valence-electron chi connectivity index (χ2n) is 6.27. The smallest absolute Gasteiger partial charge is 0.262 e. The zero-order valence-electron chi connectivity index (χ0n) is 14.3. The molecule has 0 bridgehead atoms. The first-order chi connectivity index (χ1) is 11.0.